The Labute approximate surface area is 171 Å². The van der Waals surface area contributed by atoms with E-state index in [1.165, 1.54) is 5.56 Å². The first-order chi connectivity index (χ1) is 14.2. The normalized spacial score (nSPS) is 19.5. The summed E-state index contributed by atoms with van der Waals surface area (Å²) in [6.45, 7) is 0. The van der Waals surface area contributed by atoms with Crippen LogP contribution in [0.3, 0.4) is 0 Å². The summed E-state index contributed by atoms with van der Waals surface area (Å²) in [4.78, 5) is 14.9. The highest BCUT2D eigenvalue weighted by atomic mass is 16.5. The molecule has 1 N–H and O–H groups in total. The number of aliphatic hydroxyl groups excluding tert-OH is 1. The number of ether oxygens (including phenoxy) is 1. The molecular formula is C25H25NO3. The molecule has 4 heteroatoms. The molecule has 0 unspecified atom stereocenters. The van der Waals surface area contributed by atoms with Crippen LogP contribution in [0.2, 0.25) is 0 Å². The smallest absolute Gasteiger partial charge is 0.235 e. The maximum absolute atomic E-state index is 13.1. The van der Waals surface area contributed by atoms with Gasteiger partial charge < -0.3 is 14.7 Å². The first-order valence-electron chi connectivity index (χ1n) is 9.93. The van der Waals surface area contributed by atoms with E-state index < -0.39 is 12.0 Å². The maximum Gasteiger partial charge on any atom is 0.235 e. The Kier molecular flexibility index (Phi) is 5.63. The van der Waals surface area contributed by atoms with Crippen molar-refractivity contribution >= 4 is 11.6 Å². The van der Waals surface area contributed by atoms with Crippen LogP contribution < -0.4 is 9.64 Å². The minimum absolute atomic E-state index is 0.0300. The molecule has 1 aliphatic rings. The summed E-state index contributed by atoms with van der Waals surface area (Å²) >= 11 is 0. The van der Waals surface area contributed by atoms with Crippen molar-refractivity contribution in [3.63, 3.8) is 0 Å². The number of rotatable bonds is 7. The number of carbonyl (C=O) groups is 1. The third-order valence-corrected chi connectivity index (χ3v) is 5.62. The molecule has 148 valence electrons. The van der Waals surface area contributed by atoms with E-state index in [0.717, 1.165) is 23.4 Å². The highest BCUT2D eigenvalue weighted by Crippen LogP contribution is 2.46. The van der Waals surface area contributed by atoms with Gasteiger partial charge in [0.1, 0.15) is 5.75 Å². The van der Waals surface area contributed by atoms with Crippen LogP contribution in [0.4, 0.5) is 5.69 Å². The lowest BCUT2D eigenvalue weighted by molar-refractivity contribution is -0.136. The number of aryl methyl sites for hydroxylation is 1. The Balaban J connectivity index is 1.58. The second kappa shape index (κ2) is 8.50. The van der Waals surface area contributed by atoms with Crippen molar-refractivity contribution in [2.45, 2.75) is 25.0 Å². The van der Waals surface area contributed by atoms with Crippen molar-refractivity contribution in [2.24, 2.45) is 5.92 Å². The lowest BCUT2D eigenvalue weighted by Crippen LogP contribution is -2.59. The number of carbonyl (C=O) groups excluding carboxylic acids is 1. The molecule has 1 aliphatic heterocycles. The lowest BCUT2D eigenvalue weighted by atomic mass is 9.76. The molecule has 1 heterocycles. The van der Waals surface area contributed by atoms with Gasteiger partial charge in [-0.1, -0.05) is 60.7 Å². The molecular weight excluding hydrogens is 362 g/mol. The van der Waals surface area contributed by atoms with Crippen LogP contribution in [0.1, 0.15) is 23.6 Å². The quantitative estimate of drug-likeness (QED) is 0.612. The van der Waals surface area contributed by atoms with Gasteiger partial charge in [0.25, 0.3) is 0 Å². The number of aliphatic hydroxyl groups is 1. The highest BCUT2D eigenvalue weighted by molar-refractivity contribution is 6.03. The summed E-state index contributed by atoms with van der Waals surface area (Å²) in [7, 11) is 1.63. The Morgan fingerprint density at radius 3 is 2.17 bits per heavy atom. The Bertz CT molecular complexity index is 941. The van der Waals surface area contributed by atoms with Gasteiger partial charge in [0.05, 0.1) is 25.2 Å². The van der Waals surface area contributed by atoms with E-state index in [9.17, 15) is 9.90 Å². The van der Waals surface area contributed by atoms with E-state index in [0.29, 0.717) is 6.42 Å². The van der Waals surface area contributed by atoms with Crippen molar-refractivity contribution < 1.29 is 14.6 Å². The third kappa shape index (κ3) is 3.89. The van der Waals surface area contributed by atoms with Gasteiger partial charge in [-0.15, -0.1) is 0 Å². The highest BCUT2D eigenvalue weighted by Gasteiger charge is 2.51. The molecule has 0 bridgehead atoms. The number of para-hydroxylation sites is 1. The molecule has 1 saturated heterocycles. The average Bonchev–Trinajstić information content (AvgIpc) is 2.77. The molecule has 29 heavy (non-hydrogen) atoms. The van der Waals surface area contributed by atoms with E-state index in [1.807, 2.05) is 84.9 Å². The summed E-state index contributed by atoms with van der Waals surface area (Å²) in [6, 6.07) is 27.3. The third-order valence-electron chi connectivity index (χ3n) is 5.62. The van der Waals surface area contributed by atoms with Gasteiger partial charge >= 0.3 is 0 Å². The van der Waals surface area contributed by atoms with E-state index in [4.69, 9.17) is 4.74 Å². The van der Waals surface area contributed by atoms with E-state index in [-0.39, 0.29) is 11.9 Å². The van der Waals surface area contributed by atoms with Crippen molar-refractivity contribution in [1.29, 1.82) is 0 Å². The first kappa shape index (κ1) is 19.2. The van der Waals surface area contributed by atoms with Gasteiger partial charge in [0.15, 0.2) is 0 Å². The summed E-state index contributed by atoms with van der Waals surface area (Å²) in [5.41, 5.74) is 3.02. The molecule has 0 saturated carbocycles. The van der Waals surface area contributed by atoms with Crippen LogP contribution in [-0.2, 0) is 11.2 Å². The zero-order valence-electron chi connectivity index (χ0n) is 16.4. The number of hydrogen-bond acceptors (Lipinski definition) is 3. The molecule has 4 nitrogen and oxygen atoms in total. The van der Waals surface area contributed by atoms with Gasteiger partial charge in [0.2, 0.25) is 5.91 Å². The van der Waals surface area contributed by atoms with E-state index in [1.54, 1.807) is 12.0 Å². The van der Waals surface area contributed by atoms with Gasteiger partial charge in [-0.3, -0.25) is 4.79 Å². The summed E-state index contributed by atoms with van der Waals surface area (Å²) in [5.74, 6) is 0.289. The topological polar surface area (TPSA) is 49.8 Å². The number of methoxy groups -OCH3 is 1. The molecule has 3 aromatic rings. The van der Waals surface area contributed by atoms with E-state index in [2.05, 4.69) is 0 Å². The number of anilines is 1. The van der Waals surface area contributed by atoms with Crippen molar-refractivity contribution in [3.05, 3.63) is 96.1 Å². The average molecular weight is 387 g/mol. The maximum atomic E-state index is 13.1. The van der Waals surface area contributed by atoms with Gasteiger partial charge in [-0.25, -0.2) is 0 Å². The Morgan fingerprint density at radius 1 is 0.931 bits per heavy atom. The zero-order chi connectivity index (χ0) is 20.2. The predicted molar refractivity (Wildman–Crippen MR) is 114 cm³/mol. The van der Waals surface area contributed by atoms with Crippen molar-refractivity contribution in [3.8, 4) is 5.75 Å². The summed E-state index contributed by atoms with van der Waals surface area (Å²) in [6.07, 6.45) is 0.595. The molecule has 0 aromatic heterocycles. The largest absolute Gasteiger partial charge is 0.497 e. The molecule has 4 rings (SSSR count). The van der Waals surface area contributed by atoms with Gasteiger partial charge in [-0.2, -0.15) is 0 Å². The number of hydrogen-bond donors (Lipinski definition) is 1. The van der Waals surface area contributed by atoms with E-state index >= 15 is 0 Å². The van der Waals surface area contributed by atoms with Crippen LogP contribution in [0.25, 0.3) is 0 Å². The second-order valence-corrected chi connectivity index (χ2v) is 7.38. The molecule has 1 fully saturated rings. The summed E-state index contributed by atoms with van der Waals surface area (Å²) < 4.78 is 5.27. The van der Waals surface area contributed by atoms with Crippen molar-refractivity contribution in [1.82, 2.24) is 0 Å². The van der Waals surface area contributed by atoms with Gasteiger partial charge in [0, 0.05) is 5.69 Å². The minimum Gasteiger partial charge on any atom is -0.497 e. The standard InChI is InChI=1S/C25H25NO3/c1-29-21-15-13-19(14-16-21)24-23(22(27)17-12-18-8-4-2-5-9-18)25(28)26(24)20-10-6-3-7-11-20/h2-11,13-16,22-24,27H,12,17H2,1H3/t22-,23-,24-/m1/s1. The monoisotopic (exact) mass is 387 g/mol. The fourth-order valence-electron chi connectivity index (χ4n) is 4.06. The first-order valence-corrected chi connectivity index (χ1v) is 9.93. The van der Waals surface area contributed by atoms with Crippen LogP contribution in [0, 0.1) is 5.92 Å². The van der Waals surface area contributed by atoms with Crippen molar-refractivity contribution in [2.75, 3.05) is 12.0 Å². The van der Waals surface area contributed by atoms with Crippen LogP contribution in [0.5, 0.6) is 5.75 Å². The number of amides is 1. The zero-order valence-corrected chi connectivity index (χ0v) is 16.4. The molecule has 1 amide bonds. The molecule has 3 atom stereocenters. The fraction of sp³-hybridized carbons (Fsp3) is 0.240. The molecule has 0 radical (unpaired) electrons. The number of benzene rings is 3. The number of nitrogens with zero attached hydrogens (tertiary/aromatic N) is 1. The predicted octanol–water partition coefficient (Wildman–Crippen LogP) is 4.39. The van der Waals surface area contributed by atoms with Gasteiger partial charge in [-0.05, 0) is 48.2 Å². The Hall–Kier alpha value is -3.11. The SMILES string of the molecule is COc1ccc([C@@H]2[C@@H]([C@H](O)CCc3ccccc3)C(=O)N2c2ccccc2)cc1. The minimum atomic E-state index is -0.699. The van der Waals surface area contributed by atoms with Crippen LogP contribution >= 0.6 is 0 Å². The molecule has 0 aliphatic carbocycles. The van der Waals surface area contributed by atoms with Crippen LogP contribution in [0.15, 0.2) is 84.9 Å². The Morgan fingerprint density at radius 2 is 1.55 bits per heavy atom. The lowest BCUT2D eigenvalue weighted by Gasteiger charge is -2.49. The second-order valence-electron chi connectivity index (χ2n) is 7.38. The van der Waals surface area contributed by atoms with Crippen LogP contribution in [-0.4, -0.2) is 24.2 Å². The fourth-order valence-corrected chi connectivity index (χ4v) is 4.06. The summed E-state index contributed by atoms with van der Waals surface area (Å²) in [5, 5.41) is 10.9. The molecule has 3 aromatic carbocycles. The molecule has 0 spiro atoms. The number of β-lactam (4-membered cyclic amide) rings is 1.